The number of rotatable bonds is 3. The molecule has 0 spiro atoms. The van der Waals surface area contributed by atoms with E-state index >= 15 is 0 Å². The summed E-state index contributed by atoms with van der Waals surface area (Å²) in [5.74, 6) is 0.414. The minimum atomic E-state index is -0.288. The molecule has 2 aromatic carbocycles. The summed E-state index contributed by atoms with van der Waals surface area (Å²) in [5, 5.41) is 4.48. The number of aromatic nitrogens is 2. The molecule has 0 atom stereocenters. The fraction of sp³-hybridized carbons (Fsp3) is 0.0625. The topological polar surface area (TPSA) is 53.1 Å². The smallest absolute Gasteiger partial charge is 0.128 e. The lowest BCUT2D eigenvalue weighted by Gasteiger charge is -2.06. The van der Waals surface area contributed by atoms with Gasteiger partial charge in [-0.3, -0.25) is 0 Å². The van der Waals surface area contributed by atoms with Crippen LogP contribution in [-0.2, 0) is 0 Å². The molecule has 0 bridgehead atoms. The Labute approximate surface area is 121 Å². The molecule has 1 heterocycles. The predicted molar refractivity (Wildman–Crippen MR) is 79.9 cm³/mol. The van der Waals surface area contributed by atoms with Gasteiger partial charge in [-0.25, -0.2) is 9.07 Å². The van der Waals surface area contributed by atoms with E-state index in [0.717, 1.165) is 11.3 Å². The van der Waals surface area contributed by atoms with Crippen LogP contribution in [0, 0.1) is 5.82 Å². The number of para-hydroxylation sites is 1. The van der Waals surface area contributed by atoms with Gasteiger partial charge in [-0.05, 0) is 36.4 Å². The number of nitrogen functional groups attached to an aromatic ring is 1. The maximum atomic E-state index is 13.0. The van der Waals surface area contributed by atoms with E-state index in [1.54, 1.807) is 30.1 Å². The molecule has 0 saturated heterocycles. The molecule has 0 saturated carbocycles. The highest BCUT2D eigenvalue weighted by Gasteiger charge is 2.13. The normalized spacial score (nSPS) is 10.6. The van der Waals surface area contributed by atoms with Crippen molar-refractivity contribution >= 4 is 5.69 Å². The zero-order valence-electron chi connectivity index (χ0n) is 11.5. The average molecular weight is 283 g/mol. The largest absolute Gasteiger partial charge is 0.496 e. The maximum absolute atomic E-state index is 13.0. The zero-order valence-corrected chi connectivity index (χ0v) is 11.5. The lowest BCUT2D eigenvalue weighted by atomic mass is 10.1. The highest BCUT2D eigenvalue weighted by Crippen LogP contribution is 2.32. The Kier molecular flexibility index (Phi) is 3.31. The van der Waals surface area contributed by atoms with Gasteiger partial charge in [-0.1, -0.05) is 12.1 Å². The van der Waals surface area contributed by atoms with Gasteiger partial charge in [0.15, 0.2) is 0 Å². The Hall–Kier alpha value is -2.82. The number of ether oxygens (including phenoxy) is 1. The van der Waals surface area contributed by atoms with Gasteiger partial charge >= 0.3 is 0 Å². The highest BCUT2D eigenvalue weighted by molar-refractivity contribution is 5.77. The summed E-state index contributed by atoms with van der Waals surface area (Å²) in [4.78, 5) is 0. The SMILES string of the molecule is COc1ccccc1-c1nn(-c2ccc(F)cc2)cc1N. The van der Waals surface area contributed by atoms with Crippen LogP contribution in [0.5, 0.6) is 5.75 Å². The first-order valence-electron chi connectivity index (χ1n) is 6.43. The van der Waals surface area contributed by atoms with Crippen molar-refractivity contribution in [2.45, 2.75) is 0 Å². The number of nitrogens with zero attached hydrogens (tertiary/aromatic N) is 2. The van der Waals surface area contributed by atoms with Crippen LogP contribution >= 0.6 is 0 Å². The third-order valence-electron chi connectivity index (χ3n) is 3.20. The van der Waals surface area contributed by atoms with E-state index < -0.39 is 0 Å². The molecule has 0 fully saturated rings. The molecule has 4 nitrogen and oxygen atoms in total. The van der Waals surface area contributed by atoms with Crippen molar-refractivity contribution in [3.8, 4) is 22.7 Å². The fourth-order valence-corrected chi connectivity index (χ4v) is 2.16. The Morgan fingerprint density at radius 1 is 1.10 bits per heavy atom. The standard InChI is InChI=1S/C16H14FN3O/c1-21-15-5-3-2-4-13(15)16-14(18)10-20(19-16)12-8-6-11(17)7-9-12/h2-10H,18H2,1H3. The van der Waals surface area contributed by atoms with Gasteiger partial charge in [0.05, 0.1) is 24.7 Å². The molecule has 0 radical (unpaired) electrons. The van der Waals surface area contributed by atoms with Gasteiger partial charge in [0, 0.05) is 5.56 Å². The van der Waals surface area contributed by atoms with Gasteiger partial charge in [0.1, 0.15) is 17.3 Å². The van der Waals surface area contributed by atoms with Crippen LogP contribution in [0.2, 0.25) is 0 Å². The van der Waals surface area contributed by atoms with E-state index in [1.165, 1.54) is 12.1 Å². The van der Waals surface area contributed by atoms with Gasteiger partial charge in [0.25, 0.3) is 0 Å². The average Bonchev–Trinajstić information content (AvgIpc) is 2.89. The molecule has 0 unspecified atom stereocenters. The number of halogens is 1. The number of benzene rings is 2. The second kappa shape index (κ2) is 5.28. The van der Waals surface area contributed by atoms with E-state index in [4.69, 9.17) is 10.5 Å². The van der Waals surface area contributed by atoms with Crippen molar-refractivity contribution in [2.75, 3.05) is 12.8 Å². The predicted octanol–water partition coefficient (Wildman–Crippen LogP) is 3.27. The molecule has 3 rings (SSSR count). The quantitative estimate of drug-likeness (QED) is 0.802. The van der Waals surface area contributed by atoms with Crippen LogP contribution in [0.3, 0.4) is 0 Å². The van der Waals surface area contributed by atoms with E-state index in [-0.39, 0.29) is 5.82 Å². The molecule has 106 valence electrons. The third kappa shape index (κ3) is 2.45. The van der Waals surface area contributed by atoms with Crippen LogP contribution in [0.1, 0.15) is 0 Å². The highest BCUT2D eigenvalue weighted by atomic mass is 19.1. The number of methoxy groups -OCH3 is 1. The molecule has 0 aliphatic heterocycles. The molecule has 5 heteroatoms. The molecule has 1 aromatic heterocycles. The third-order valence-corrected chi connectivity index (χ3v) is 3.20. The molecule has 3 aromatic rings. The molecule has 0 aliphatic carbocycles. The van der Waals surface area contributed by atoms with Crippen molar-refractivity contribution in [1.82, 2.24) is 9.78 Å². The first-order valence-corrected chi connectivity index (χ1v) is 6.43. The van der Waals surface area contributed by atoms with Crippen LogP contribution in [0.15, 0.2) is 54.7 Å². The Morgan fingerprint density at radius 2 is 1.81 bits per heavy atom. The number of anilines is 1. The van der Waals surface area contributed by atoms with Crippen LogP contribution in [0.25, 0.3) is 16.9 Å². The Balaban J connectivity index is 2.07. The maximum Gasteiger partial charge on any atom is 0.128 e. The Bertz CT molecular complexity index is 765. The van der Waals surface area contributed by atoms with E-state index in [9.17, 15) is 4.39 Å². The van der Waals surface area contributed by atoms with Gasteiger partial charge < -0.3 is 10.5 Å². The van der Waals surface area contributed by atoms with Gasteiger partial charge in [0.2, 0.25) is 0 Å². The van der Waals surface area contributed by atoms with Gasteiger partial charge in [-0.2, -0.15) is 5.10 Å². The molecule has 0 aliphatic rings. The molecule has 0 amide bonds. The molecular weight excluding hydrogens is 269 g/mol. The Morgan fingerprint density at radius 3 is 2.52 bits per heavy atom. The second-order valence-electron chi connectivity index (χ2n) is 4.55. The lowest BCUT2D eigenvalue weighted by molar-refractivity contribution is 0.416. The summed E-state index contributed by atoms with van der Waals surface area (Å²) in [6, 6.07) is 13.6. The fourth-order valence-electron chi connectivity index (χ4n) is 2.16. The minimum absolute atomic E-state index is 0.288. The van der Waals surface area contributed by atoms with Crippen molar-refractivity contribution in [2.24, 2.45) is 0 Å². The van der Waals surface area contributed by atoms with Crippen molar-refractivity contribution in [3.63, 3.8) is 0 Å². The summed E-state index contributed by atoms with van der Waals surface area (Å²) in [7, 11) is 1.60. The second-order valence-corrected chi connectivity index (χ2v) is 4.55. The van der Waals surface area contributed by atoms with Crippen molar-refractivity contribution in [3.05, 3.63) is 60.5 Å². The summed E-state index contributed by atoms with van der Waals surface area (Å²) in [5.41, 5.74) is 8.78. The van der Waals surface area contributed by atoms with Crippen LogP contribution in [-0.4, -0.2) is 16.9 Å². The minimum Gasteiger partial charge on any atom is -0.496 e. The van der Waals surface area contributed by atoms with Gasteiger partial charge in [-0.15, -0.1) is 0 Å². The van der Waals surface area contributed by atoms with Crippen LogP contribution in [0.4, 0.5) is 10.1 Å². The number of hydrogen-bond acceptors (Lipinski definition) is 3. The zero-order chi connectivity index (χ0) is 14.8. The first kappa shape index (κ1) is 13.2. The monoisotopic (exact) mass is 283 g/mol. The molecule has 2 N–H and O–H groups in total. The van der Waals surface area contributed by atoms with E-state index in [2.05, 4.69) is 5.10 Å². The number of nitrogens with two attached hydrogens (primary N) is 1. The summed E-state index contributed by atoms with van der Waals surface area (Å²) >= 11 is 0. The van der Waals surface area contributed by atoms with Crippen LogP contribution < -0.4 is 10.5 Å². The summed E-state index contributed by atoms with van der Waals surface area (Å²) in [6.45, 7) is 0. The van der Waals surface area contributed by atoms with Crippen molar-refractivity contribution < 1.29 is 9.13 Å². The first-order chi connectivity index (χ1) is 10.2. The summed E-state index contributed by atoms with van der Waals surface area (Å²) in [6.07, 6.45) is 1.70. The summed E-state index contributed by atoms with van der Waals surface area (Å²) < 4.78 is 19.9. The van der Waals surface area contributed by atoms with Crippen molar-refractivity contribution in [1.29, 1.82) is 0 Å². The molecular formula is C16H14FN3O. The number of hydrogen-bond donors (Lipinski definition) is 1. The van der Waals surface area contributed by atoms with E-state index in [0.29, 0.717) is 17.1 Å². The lowest BCUT2D eigenvalue weighted by Crippen LogP contribution is -1.95. The molecule has 21 heavy (non-hydrogen) atoms. The van der Waals surface area contributed by atoms with E-state index in [1.807, 2.05) is 24.3 Å².